The number of carbonyl (C=O) groups is 2. The van der Waals surface area contributed by atoms with E-state index in [1.165, 1.54) is 52.2 Å². The van der Waals surface area contributed by atoms with Gasteiger partial charge in [0.15, 0.2) is 39.5 Å². The molecule has 0 saturated carbocycles. The zero-order chi connectivity index (χ0) is 81.7. The van der Waals surface area contributed by atoms with Crippen LogP contribution in [0.5, 0.6) is 23.0 Å². The quantitative estimate of drug-likeness (QED) is 0.0221. The number of amides is 1. The molecule has 1 saturated heterocycles. The summed E-state index contributed by atoms with van der Waals surface area (Å²) in [6, 6.07) is 72.5. The second-order valence-electron chi connectivity index (χ2n) is 25.3. The fraction of sp³-hybridized carbons (Fsp3) is 0.126. The number of phenolic OH excluding ortho intramolecular Hbond substituents is 1. The molecule has 1 aliphatic rings. The van der Waals surface area contributed by atoms with E-state index in [4.69, 9.17) is 58.3 Å². The lowest BCUT2D eigenvalue weighted by Crippen LogP contribution is -2.26. The molecule has 1 atom stereocenters. The van der Waals surface area contributed by atoms with Gasteiger partial charge in [-0.1, -0.05) is 166 Å². The van der Waals surface area contributed by atoms with Gasteiger partial charge < -0.3 is 44.2 Å². The number of benzene rings is 10. The van der Waals surface area contributed by atoms with Gasteiger partial charge in [0.2, 0.25) is 11.9 Å². The Kier molecular flexibility index (Phi) is 30.9. The van der Waals surface area contributed by atoms with Gasteiger partial charge in [-0.2, -0.15) is 19.9 Å². The Bertz CT molecular complexity index is 5870. The number of aryl methyl sites for hydroxylation is 3. The summed E-state index contributed by atoms with van der Waals surface area (Å²) in [6.45, 7) is 7.40. The summed E-state index contributed by atoms with van der Waals surface area (Å²) in [7, 11) is 4.69. The number of imidazole rings is 2. The number of thioether (sulfide) groups is 1. The van der Waals surface area contributed by atoms with Gasteiger partial charge in [-0.25, -0.2) is 30.8 Å². The van der Waals surface area contributed by atoms with Crippen molar-refractivity contribution in [3.63, 3.8) is 0 Å². The van der Waals surface area contributed by atoms with E-state index in [-0.39, 0.29) is 34.8 Å². The Hall–Kier alpha value is -12.6. The second-order valence-corrected chi connectivity index (χ2v) is 29.6. The van der Waals surface area contributed by atoms with Gasteiger partial charge in [-0.15, -0.1) is 11.3 Å². The number of fused-ring (bicyclic) bond motifs is 3. The first-order valence-electron chi connectivity index (χ1n) is 35.8. The number of carbonyl (C=O) groups excluding carboxylic acids is 2. The molecular weight excluding hydrogens is 1640 g/mol. The summed E-state index contributed by atoms with van der Waals surface area (Å²) in [5.41, 5.74) is 19.7. The maximum Gasteiger partial charge on any atom is 0.316 e. The van der Waals surface area contributed by atoms with E-state index < -0.39 is 0 Å². The molecule has 116 heavy (non-hydrogen) atoms. The molecule has 23 nitrogen and oxygen atoms in total. The van der Waals surface area contributed by atoms with Crippen LogP contribution in [0.1, 0.15) is 54.2 Å². The van der Waals surface area contributed by atoms with Crippen LogP contribution in [-0.2, 0) is 30.9 Å². The van der Waals surface area contributed by atoms with Crippen molar-refractivity contribution in [1.82, 2.24) is 39.5 Å². The van der Waals surface area contributed by atoms with Crippen LogP contribution in [0.3, 0.4) is 0 Å². The van der Waals surface area contributed by atoms with Gasteiger partial charge in [0.05, 0.1) is 90.6 Å². The number of amidine groups is 1. The molecule has 1 amide bonds. The van der Waals surface area contributed by atoms with Crippen LogP contribution in [0, 0.1) is 20.8 Å². The normalized spacial score (nSPS) is 12.4. The van der Waals surface area contributed by atoms with Crippen LogP contribution in [0.4, 0.5) is 23.3 Å². The predicted octanol–water partition coefficient (Wildman–Crippen LogP) is 20.0. The van der Waals surface area contributed by atoms with Gasteiger partial charge in [0.25, 0.3) is 5.56 Å². The first kappa shape index (κ1) is 84.4. The van der Waals surface area contributed by atoms with Gasteiger partial charge >= 0.3 is 6.01 Å². The highest BCUT2D eigenvalue weighted by atomic mass is 79.9. The van der Waals surface area contributed by atoms with E-state index in [1.54, 1.807) is 86.5 Å². The highest BCUT2D eigenvalue weighted by molar-refractivity contribution is 9.10. The number of phenols is 1. The topological polar surface area (TPSA) is 284 Å². The summed E-state index contributed by atoms with van der Waals surface area (Å²) < 4.78 is 24.7. The Labute approximate surface area is 700 Å². The van der Waals surface area contributed by atoms with E-state index >= 15 is 0 Å². The average Bonchev–Trinajstić information content (AvgIpc) is 1.05. The molecule has 0 radical (unpaired) electrons. The minimum atomic E-state index is -0.207. The molecule has 10 aromatic carbocycles. The van der Waals surface area contributed by atoms with E-state index in [0.717, 1.165) is 87.4 Å². The summed E-state index contributed by atoms with van der Waals surface area (Å²) in [5, 5.41) is 29.0. The number of nitrogens with one attached hydrogen (secondary N) is 5. The molecule has 0 aliphatic carbocycles. The molecule has 1 aliphatic heterocycles. The van der Waals surface area contributed by atoms with Crippen LogP contribution in [0.2, 0.25) is 15.1 Å². The fourth-order valence-electron chi connectivity index (χ4n) is 10.9. The van der Waals surface area contributed by atoms with Crippen molar-refractivity contribution in [3.05, 3.63) is 340 Å². The fourth-order valence-corrected chi connectivity index (χ4v) is 13.5. The SMILES string of the molecule is COc1cc(/C=N/Nc2nc3ccccc3[nH]2)ccc1O.COc1ccc(/C=N/Nc2nc3ccccc3o2)cc1OC.Cc1ccc(COn2ccnc2)cc1Cl.Cc1cccc(CC2SC(=Nc3ccccc3)NC2=O)c1Cl.Cc1ccccc1CNc1ccc(Cl)cc1.O=C(Cn1cnc2ccc(Br)cc2c1=O)c1cccs1. The Morgan fingerprint density at radius 3 is 2.10 bits per heavy atom. The molecular formula is C87H78BrCl3N14O9S2. The number of hydrogen-bond donors (Lipinski definition) is 6. The van der Waals surface area contributed by atoms with E-state index in [1.807, 2.05) is 189 Å². The second kappa shape index (κ2) is 42.5. The highest BCUT2D eigenvalue weighted by Gasteiger charge is 2.31. The monoisotopic (exact) mass is 1710 g/mol. The van der Waals surface area contributed by atoms with Crippen molar-refractivity contribution in [2.75, 3.05) is 37.5 Å². The number of hydrogen-bond acceptors (Lipinski definition) is 21. The largest absolute Gasteiger partial charge is 0.504 e. The Morgan fingerprint density at radius 2 is 1.38 bits per heavy atom. The van der Waals surface area contributed by atoms with E-state index in [9.17, 15) is 19.5 Å². The lowest BCUT2D eigenvalue weighted by atomic mass is 10.1. The van der Waals surface area contributed by atoms with Gasteiger partial charge in [0.1, 0.15) is 18.5 Å². The number of thiophene rings is 1. The maximum absolute atomic E-state index is 12.3. The van der Waals surface area contributed by atoms with Crippen LogP contribution < -0.4 is 46.1 Å². The van der Waals surface area contributed by atoms with Gasteiger partial charge in [-0.05, 0) is 204 Å². The molecule has 6 N–H and O–H groups in total. The van der Waals surface area contributed by atoms with E-state index in [0.29, 0.717) is 68.8 Å². The number of methoxy groups -OCH3 is 3. The molecule has 15 aromatic rings. The number of rotatable bonds is 21. The zero-order valence-corrected chi connectivity index (χ0v) is 68.9. The van der Waals surface area contributed by atoms with Crippen molar-refractivity contribution < 1.29 is 38.2 Å². The first-order valence-corrected chi connectivity index (χ1v) is 39.5. The minimum Gasteiger partial charge on any atom is -0.504 e. The van der Waals surface area contributed by atoms with Gasteiger partial charge in [0, 0.05) is 38.0 Å². The number of aromatic hydroxyl groups is 1. The molecule has 1 unspecified atom stereocenters. The van der Waals surface area contributed by atoms with Crippen LogP contribution >= 0.6 is 73.8 Å². The minimum absolute atomic E-state index is 0.00873. The molecule has 0 bridgehead atoms. The Morgan fingerprint density at radius 1 is 0.672 bits per heavy atom. The predicted molar refractivity (Wildman–Crippen MR) is 471 cm³/mol. The third-order valence-electron chi connectivity index (χ3n) is 17.1. The molecule has 0 spiro atoms. The smallest absolute Gasteiger partial charge is 0.316 e. The number of halogens is 4. The first-order chi connectivity index (χ1) is 56.3. The number of oxazole rings is 1. The Balaban J connectivity index is 0.000000138. The van der Waals surface area contributed by atoms with Crippen LogP contribution in [0.25, 0.3) is 33.0 Å². The number of ketones is 1. The summed E-state index contributed by atoms with van der Waals surface area (Å²) >= 11 is 24.3. The standard InChI is InChI=1S/C17H15ClN2OS.C16H15N3O3.C15H14N4O2.C14H9BrN2O2S.C14H14ClN.C11H11ClN2O/c1-11-6-5-7-12(15(11)18)10-14-16(21)20-17(22-14)19-13-8-3-2-4-9-13;1-20-14-8-7-11(9-15(14)21-2)10-17-19-16-18-12-5-3-4-6-13(12)22-16;1-21-14-8-10(6-7-13(14)20)9-16-19-15-17-11-4-2-3-5-12(11)18-15;15-9-3-4-11-10(6-9)14(19)17(8-16-11)7-12(18)13-2-1-5-20-13;1-11-4-2-3-5-12(11)10-16-14-8-6-13(15)7-9-14;1-9-2-3-10(6-11(9)12)7-15-14-5-4-13-8-14/h2-9,14H,10H2,1H3,(H,19,20,21);3-10H,1-2H3,(H,18,19);2-9,20H,1H3,(H2,17,18,19);1-6,8H,7H2;2-9,16H,10H2,1H3;2-6,8H,7H2,1H3/b;17-10+;16-9+;;;. The van der Waals surface area contributed by atoms with Crippen LogP contribution in [-0.4, -0.2) is 95.2 Å². The summed E-state index contributed by atoms with van der Waals surface area (Å²) in [6.07, 6.45) is 10.3. The average molecular weight is 1710 g/mol. The lowest BCUT2D eigenvalue weighted by molar-refractivity contribution is -0.118. The lowest BCUT2D eigenvalue weighted by Gasteiger charge is -2.09. The maximum atomic E-state index is 12.3. The molecule has 5 aromatic heterocycles. The zero-order valence-electron chi connectivity index (χ0n) is 63.5. The molecule has 6 heterocycles. The van der Waals surface area contributed by atoms with Crippen molar-refractivity contribution in [2.24, 2.45) is 15.2 Å². The number of Topliss-reactive ketones (excluding diaryl/α,β-unsaturated/α-hetero) is 1. The molecule has 16 rings (SSSR count). The van der Waals surface area contributed by atoms with Crippen molar-refractivity contribution >= 4 is 159 Å². The molecule has 590 valence electrons. The van der Waals surface area contributed by atoms with Gasteiger partial charge in [-0.3, -0.25) is 19.0 Å². The number of ether oxygens (including phenoxy) is 3. The summed E-state index contributed by atoms with van der Waals surface area (Å²) in [5.74, 6) is 2.29. The van der Waals surface area contributed by atoms with E-state index in [2.05, 4.69) is 109 Å². The van der Waals surface area contributed by atoms with Crippen LogP contribution in [0.15, 0.2) is 290 Å². The van der Waals surface area contributed by atoms with Crippen molar-refractivity contribution in [1.29, 1.82) is 0 Å². The molecule has 29 heteroatoms. The number of aliphatic imine (C=N–C) groups is 1. The number of H-pyrrole nitrogens is 1. The molecule has 1 fully saturated rings. The number of aromatic nitrogens is 7. The highest BCUT2D eigenvalue weighted by Crippen LogP contribution is 2.32. The third kappa shape index (κ3) is 24.7. The number of anilines is 3. The number of aromatic amines is 1. The third-order valence-corrected chi connectivity index (χ3v) is 20.8. The number of hydrazone groups is 2. The number of nitrogens with zero attached hydrogens (tertiary/aromatic N) is 9. The van der Waals surface area contributed by atoms with Crippen molar-refractivity contribution in [3.8, 4) is 23.0 Å². The number of para-hydroxylation sites is 5. The van der Waals surface area contributed by atoms with Crippen molar-refractivity contribution in [2.45, 2.75) is 52.1 Å². The summed E-state index contributed by atoms with van der Waals surface area (Å²) in [4.78, 5) is 66.8.